The molecule has 3 N–H and O–H groups in total. The van der Waals surface area contributed by atoms with E-state index in [9.17, 15) is 4.79 Å². The fourth-order valence-electron chi connectivity index (χ4n) is 1.56. The van der Waals surface area contributed by atoms with Gasteiger partial charge in [0.1, 0.15) is 0 Å². The molecule has 3 nitrogen and oxygen atoms in total. The summed E-state index contributed by atoms with van der Waals surface area (Å²) >= 11 is 21.2. The Balaban J connectivity index is 2.33. The van der Waals surface area contributed by atoms with E-state index < -0.39 is 5.91 Å². The SMILES string of the molecule is Nc1cc(Cl)c(Cl)c(C(=O)Nc2ccc(Br)cc2Cl)c1. The summed E-state index contributed by atoms with van der Waals surface area (Å²) in [6.07, 6.45) is 0. The van der Waals surface area contributed by atoms with Gasteiger partial charge in [-0.3, -0.25) is 4.79 Å². The summed E-state index contributed by atoms with van der Waals surface area (Å²) < 4.78 is 0.811. The average molecular weight is 394 g/mol. The standard InChI is InChI=1S/C13H8BrCl3N2O/c14-6-1-2-11(9(15)3-6)19-13(20)8-4-7(18)5-10(16)12(8)17/h1-5H,18H2,(H,19,20). The molecule has 0 bridgehead atoms. The first-order valence-electron chi connectivity index (χ1n) is 5.39. The molecular formula is C13H8BrCl3N2O. The first-order valence-corrected chi connectivity index (χ1v) is 7.32. The van der Waals surface area contributed by atoms with E-state index in [1.165, 1.54) is 12.1 Å². The van der Waals surface area contributed by atoms with E-state index in [1.54, 1.807) is 18.2 Å². The number of anilines is 2. The van der Waals surface area contributed by atoms with Crippen LogP contribution in [0.2, 0.25) is 15.1 Å². The van der Waals surface area contributed by atoms with Crippen LogP contribution in [0.3, 0.4) is 0 Å². The van der Waals surface area contributed by atoms with Crippen LogP contribution in [0.15, 0.2) is 34.8 Å². The van der Waals surface area contributed by atoms with Crippen LogP contribution in [0.25, 0.3) is 0 Å². The van der Waals surface area contributed by atoms with Gasteiger partial charge < -0.3 is 11.1 Å². The van der Waals surface area contributed by atoms with Gasteiger partial charge in [-0.05, 0) is 30.3 Å². The van der Waals surface area contributed by atoms with Crippen molar-refractivity contribution in [2.24, 2.45) is 0 Å². The molecule has 0 heterocycles. The highest BCUT2D eigenvalue weighted by Crippen LogP contribution is 2.31. The summed E-state index contributed by atoms with van der Waals surface area (Å²) in [5.41, 5.74) is 6.66. The van der Waals surface area contributed by atoms with Crippen molar-refractivity contribution in [3.8, 4) is 0 Å². The summed E-state index contributed by atoms with van der Waals surface area (Å²) in [6, 6.07) is 8.04. The van der Waals surface area contributed by atoms with Gasteiger partial charge in [0.15, 0.2) is 0 Å². The van der Waals surface area contributed by atoms with Gasteiger partial charge in [-0.15, -0.1) is 0 Å². The predicted molar refractivity (Wildman–Crippen MR) is 88.0 cm³/mol. The van der Waals surface area contributed by atoms with E-state index in [2.05, 4.69) is 21.2 Å². The molecule has 0 aromatic heterocycles. The van der Waals surface area contributed by atoms with Crippen LogP contribution in [-0.2, 0) is 0 Å². The molecule has 0 radical (unpaired) electrons. The van der Waals surface area contributed by atoms with Gasteiger partial charge >= 0.3 is 0 Å². The minimum atomic E-state index is -0.437. The van der Waals surface area contributed by atoms with Gasteiger partial charge in [-0.25, -0.2) is 0 Å². The Morgan fingerprint density at radius 1 is 1.10 bits per heavy atom. The van der Waals surface area contributed by atoms with Gasteiger partial charge in [0.25, 0.3) is 5.91 Å². The summed E-state index contributed by atoms with van der Waals surface area (Å²) in [5.74, 6) is -0.437. The van der Waals surface area contributed by atoms with Crippen molar-refractivity contribution in [3.05, 3.63) is 55.4 Å². The largest absolute Gasteiger partial charge is 0.399 e. The molecule has 0 fully saturated rings. The number of nitrogens with one attached hydrogen (secondary N) is 1. The van der Waals surface area contributed by atoms with Gasteiger partial charge in [0, 0.05) is 10.2 Å². The van der Waals surface area contributed by atoms with Crippen LogP contribution in [0.4, 0.5) is 11.4 Å². The maximum atomic E-state index is 12.2. The quantitative estimate of drug-likeness (QED) is 0.684. The molecule has 104 valence electrons. The zero-order chi connectivity index (χ0) is 14.9. The minimum Gasteiger partial charge on any atom is -0.399 e. The van der Waals surface area contributed by atoms with E-state index in [1.807, 2.05) is 0 Å². The van der Waals surface area contributed by atoms with Crippen molar-refractivity contribution in [3.63, 3.8) is 0 Å². The molecule has 2 aromatic rings. The van der Waals surface area contributed by atoms with Crippen molar-refractivity contribution in [1.82, 2.24) is 0 Å². The normalized spacial score (nSPS) is 10.4. The Morgan fingerprint density at radius 2 is 1.80 bits per heavy atom. The first kappa shape index (κ1) is 15.4. The van der Waals surface area contributed by atoms with Gasteiger partial charge in [-0.1, -0.05) is 50.7 Å². The van der Waals surface area contributed by atoms with Crippen molar-refractivity contribution in [1.29, 1.82) is 0 Å². The van der Waals surface area contributed by atoms with Gasteiger partial charge in [0.2, 0.25) is 0 Å². The number of halogens is 4. The zero-order valence-corrected chi connectivity index (χ0v) is 13.7. The Kier molecular flexibility index (Phi) is 4.81. The van der Waals surface area contributed by atoms with Crippen LogP contribution < -0.4 is 11.1 Å². The fourth-order valence-corrected chi connectivity index (χ4v) is 2.70. The lowest BCUT2D eigenvalue weighted by molar-refractivity contribution is 0.102. The van der Waals surface area contributed by atoms with E-state index in [4.69, 9.17) is 40.5 Å². The van der Waals surface area contributed by atoms with Gasteiger partial charge in [-0.2, -0.15) is 0 Å². The molecule has 7 heteroatoms. The maximum Gasteiger partial charge on any atom is 0.257 e. The smallest absolute Gasteiger partial charge is 0.257 e. The van der Waals surface area contributed by atoms with E-state index in [0.29, 0.717) is 16.4 Å². The van der Waals surface area contributed by atoms with Crippen LogP contribution in [0, 0.1) is 0 Å². The summed E-state index contributed by atoms with van der Waals surface area (Å²) in [7, 11) is 0. The summed E-state index contributed by atoms with van der Waals surface area (Å²) in [4.78, 5) is 12.2. The molecule has 2 rings (SSSR count). The van der Waals surface area contributed by atoms with Gasteiger partial charge in [0.05, 0.1) is 26.3 Å². The van der Waals surface area contributed by atoms with Crippen LogP contribution in [0.5, 0.6) is 0 Å². The zero-order valence-electron chi connectivity index (χ0n) is 9.88. The first-order chi connectivity index (χ1) is 9.38. The lowest BCUT2D eigenvalue weighted by Crippen LogP contribution is -2.13. The molecule has 0 atom stereocenters. The third kappa shape index (κ3) is 3.38. The Hall–Kier alpha value is -0.940. The third-order valence-electron chi connectivity index (χ3n) is 2.47. The highest BCUT2D eigenvalue weighted by molar-refractivity contribution is 9.10. The molecule has 0 saturated heterocycles. The molecule has 0 unspecified atom stereocenters. The number of nitrogen functional groups attached to an aromatic ring is 1. The van der Waals surface area contributed by atoms with E-state index >= 15 is 0 Å². The fraction of sp³-hybridized carbons (Fsp3) is 0. The predicted octanol–water partition coefficient (Wildman–Crippen LogP) is 5.24. The number of nitrogens with two attached hydrogens (primary N) is 1. The molecule has 20 heavy (non-hydrogen) atoms. The monoisotopic (exact) mass is 392 g/mol. The van der Waals surface area contributed by atoms with Crippen LogP contribution in [0.1, 0.15) is 10.4 Å². The molecule has 1 amide bonds. The lowest BCUT2D eigenvalue weighted by atomic mass is 10.2. The second kappa shape index (κ2) is 6.22. The lowest BCUT2D eigenvalue weighted by Gasteiger charge is -2.10. The number of carbonyl (C=O) groups is 1. The maximum absolute atomic E-state index is 12.2. The molecular weight excluding hydrogens is 386 g/mol. The molecule has 0 aliphatic carbocycles. The highest BCUT2D eigenvalue weighted by Gasteiger charge is 2.15. The Bertz CT molecular complexity index is 692. The molecule has 0 aliphatic rings. The topological polar surface area (TPSA) is 55.1 Å². The number of hydrogen-bond donors (Lipinski definition) is 2. The molecule has 0 spiro atoms. The number of hydrogen-bond acceptors (Lipinski definition) is 2. The highest BCUT2D eigenvalue weighted by atomic mass is 79.9. The van der Waals surface area contributed by atoms with Crippen molar-refractivity contribution >= 4 is 68.0 Å². The van der Waals surface area contributed by atoms with Crippen molar-refractivity contribution in [2.45, 2.75) is 0 Å². The number of benzene rings is 2. The third-order valence-corrected chi connectivity index (χ3v) is 4.08. The van der Waals surface area contributed by atoms with Crippen molar-refractivity contribution in [2.75, 3.05) is 11.1 Å². The van der Waals surface area contributed by atoms with E-state index in [-0.39, 0.29) is 15.6 Å². The number of rotatable bonds is 2. The minimum absolute atomic E-state index is 0.145. The van der Waals surface area contributed by atoms with Crippen LogP contribution in [-0.4, -0.2) is 5.91 Å². The molecule has 0 aliphatic heterocycles. The second-order valence-corrected chi connectivity index (χ2v) is 6.05. The Labute approximate surface area is 139 Å². The number of carbonyl (C=O) groups excluding carboxylic acids is 1. The number of amides is 1. The Morgan fingerprint density at radius 3 is 2.45 bits per heavy atom. The second-order valence-electron chi connectivity index (χ2n) is 3.94. The molecule has 2 aromatic carbocycles. The summed E-state index contributed by atoms with van der Waals surface area (Å²) in [5, 5.41) is 3.43. The average Bonchev–Trinajstić information content (AvgIpc) is 2.37. The summed E-state index contributed by atoms with van der Waals surface area (Å²) in [6.45, 7) is 0. The van der Waals surface area contributed by atoms with Crippen LogP contribution >= 0.6 is 50.7 Å². The van der Waals surface area contributed by atoms with E-state index in [0.717, 1.165) is 4.47 Å². The molecule has 0 saturated carbocycles. The van der Waals surface area contributed by atoms with Crippen molar-refractivity contribution < 1.29 is 4.79 Å².